The van der Waals surface area contributed by atoms with Crippen LogP contribution in [0.4, 0.5) is 0 Å². The van der Waals surface area contributed by atoms with E-state index in [1.54, 1.807) is 25.2 Å². The molecule has 0 saturated heterocycles. The van der Waals surface area contributed by atoms with Gasteiger partial charge in [0, 0.05) is 7.05 Å². The second-order valence-electron chi connectivity index (χ2n) is 3.21. The van der Waals surface area contributed by atoms with E-state index in [1.807, 2.05) is 0 Å². The number of ether oxygens (including phenoxy) is 1. The van der Waals surface area contributed by atoms with Gasteiger partial charge in [0.05, 0.1) is 18.2 Å². The van der Waals surface area contributed by atoms with Crippen LogP contribution in [0.1, 0.15) is 22.1 Å². The third-order valence-electron chi connectivity index (χ3n) is 2.46. The lowest BCUT2D eigenvalue weighted by molar-refractivity contribution is 0.0293. The third-order valence-corrected chi connectivity index (χ3v) is 2.46. The van der Waals surface area contributed by atoms with Gasteiger partial charge in [-0.25, -0.2) is 0 Å². The van der Waals surface area contributed by atoms with Crippen LogP contribution in [-0.2, 0) is 0 Å². The molecule has 4 nitrogen and oxygen atoms in total. The number of methoxy groups -OCH3 is 1. The molecule has 1 aromatic rings. The molecule has 1 aliphatic heterocycles. The highest BCUT2D eigenvalue weighted by Crippen LogP contribution is 2.36. The SMILES string of the molecule is COc1cccc2c1[C@H](O)N(C)C2=O. The Morgan fingerprint density at radius 1 is 1.50 bits per heavy atom. The molecule has 0 bridgehead atoms. The zero-order chi connectivity index (χ0) is 10.3. The van der Waals surface area contributed by atoms with Crippen molar-refractivity contribution < 1.29 is 14.6 Å². The number of hydrogen-bond acceptors (Lipinski definition) is 3. The number of hydrogen-bond donors (Lipinski definition) is 1. The molecule has 0 radical (unpaired) electrons. The summed E-state index contributed by atoms with van der Waals surface area (Å²) < 4.78 is 5.09. The molecule has 74 valence electrons. The van der Waals surface area contributed by atoms with Gasteiger partial charge in [-0.05, 0) is 12.1 Å². The molecule has 2 rings (SSSR count). The molecular formula is C10H11NO3. The van der Waals surface area contributed by atoms with Gasteiger partial charge in [-0.3, -0.25) is 4.79 Å². The maximum absolute atomic E-state index is 11.6. The standard InChI is InChI=1S/C10H11NO3/c1-11-9(12)6-4-3-5-7(14-2)8(6)10(11)13/h3-5,10,13H,1-2H3/t10-/m0/s1. The molecular weight excluding hydrogens is 182 g/mol. The fraction of sp³-hybridized carbons (Fsp3) is 0.300. The van der Waals surface area contributed by atoms with Crippen LogP contribution in [0.15, 0.2) is 18.2 Å². The average Bonchev–Trinajstić information content (AvgIpc) is 2.44. The minimum atomic E-state index is -0.895. The van der Waals surface area contributed by atoms with E-state index in [-0.39, 0.29) is 5.91 Å². The highest BCUT2D eigenvalue weighted by molar-refractivity contribution is 5.99. The molecule has 1 N–H and O–H groups in total. The van der Waals surface area contributed by atoms with Crippen molar-refractivity contribution >= 4 is 5.91 Å². The second kappa shape index (κ2) is 2.99. The quantitative estimate of drug-likeness (QED) is 0.716. The van der Waals surface area contributed by atoms with Crippen LogP contribution in [0, 0.1) is 0 Å². The van der Waals surface area contributed by atoms with Crippen LogP contribution in [-0.4, -0.2) is 30.1 Å². The molecule has 0 aromatic heterocycles. The molecule has 0 saturated carbocycles. The van der Waals surface area contributed by atoms with Gasteiger partial charge in [-0.1, -0.05) is 6.07 Å². The lowest BCUT2D eigenvalue weighted by Crippen LogP contribution is -2.22. The molecule has 0 fully saturated rings. The van der Waals surface area contributed by atoms with Gasteiger partial charge in [0.2, 0.25) is 0 Å². The summed E-state index contributed by atoms with van der Waals surface area (Å²) in [6.07, 6.45) is -0.895. The summed E-state index contributed by atoms with van der Waals surface area (Å²) in [6.45, 7) is 0. The Labute approximate surface area is 81.7 Å². The monoisotopic (exact) mass is 193 g/mol. The van der Waals surface area contributed by atoms with Gasteiger partial charge in [0.1, 0.15) is 5.75 Å². The summed E-state index contributed by atoms with van der Waals surface area (Å²) in [5.74, 6) is 0.374. The number of nitrogens with zero attached hydrogens (tertiary/aromatic N) is 1. The third kappa shape index (κ3) is 1.01. The molecule has 1 aromatic carbocycles. The Bertz CT molecular complexity index is 389. The minimum Gasteiger partial charge on any atom is -0.496 e. The van der Waals surface area contributed by atoms with E-state index in [0.717, 1.165) is 0 Å². The van der Waals surface area contributed by atoms with Gasteiger partial charge in [-0.15, -0.1) is 0 Å². The first-order valence-corrected chi connectivity index (χ1v) is 4.29. The van der Waals surface area contributed by atoms with Crippen molar-refractivity contribution in [3.63, 3.8) is 0 Å². The second-order valence-corrected chi connectivity index (χ2v) is 3.21. The lowest BCUT2D eigenvalue weighted by Gasteiger charge is -2.15. The zero-order valence-corrected chi connectivity index (χ0v) is 8.02. The first-order valence-electron chi connectivity index (χ1n) is 4.29. The number of aliphatic hydroxyl groups excluding tert-OH is 1. The van der Waals surface area contributed by atoms with Crippen LogP contribution in [0.5, 0.6) is 5.75 Å². The largest absolute Gasteiger partial charge is 0.496 e. The fourth-order valence-electron chi connectivity index (χ4n) is 1.67. The van der Waals surface area contributed by atoms with E-state index in [1.165, 1.54) is 12.0 Å². The van der Waals surface area contributed by atoms with Gasteiger partial charge >= 0.3 is 0 Å². The van der Waals surface area contributed by atoms with E-state index in [4.69, 9.17) is 4.74 Å². The maximum atomic E-state index is 11.6. The summed E-state index contributed by atoms with van der Waals surface area (Å²) in [7, 11) is 3.08. The van der Waals surface area contributed by atoms with E-state index < -0.39 is 6.23 Å². The highest BCUT2D eigenvalue weighted by atomic mass is 16.5. The lowest BCUT2D eigenvalue weighted by atomic mass is 10.1. The van der Waals surface area contributed by atoms with Crippen molar-refractivity contribution in [3.05, 3.63) is 29.3 Å². The van der Waals surface area contributed by atoms with Gasteiger partial charge in [-0.2, -0.15) is 0 Å². The summed E-state index contributed by atoms with van der Waals surface area (Å²) in [5, 5.41) is 9.76. The summed E-state index contributed by atoms with van der Waals surface area (Å²) in [5.41, 5.74) is 1.07. The number of carbonyl (C=O) groups is 1. The number of fused-ring (bicyclic) bond motifs is 1. The topological polar surface area (TPSA) is 49.8 Å². The Kier molecular flexibility index (Phi) is 1.93. The Hall–Kier alpha value is -1.55. The van der Waals surface area contributed by atoms with Gasteiger partial charge < -0.3 is 14.7 Å². The van der Waals surface area contributed by atoms with Crippen LogP contribution in [0.3, 0.4) is 0 Å². The fourth-order valence-corrected chi connectivity index (χ4v) is 1.67. The first kappa shape index (κ1) is 9.02. The van der Waals surface area contributed by atoms with Crippen molar-refractivity contribution in [1.29, 1.82) is 0 Å². The van der Waals surface area contributed by atoms with Gasteiger partial charge in [0.25, 0.3) is 5.91 Å². The molecule has 14 heavy (non-hydrogen) atoms. The van der Waals surface area contributed by atoms with E-state index in [9.17, 15) is 9.90 Å². The van der Waals surface area contributed by atoms with Crippen molar-refractivity contribution in [1.82, 2.24) is 4.90 Å². The number of carbonyl (C=O) groups excluding carboxylic acids is 1. The Morgan fingerprint density at radius 3 is 2.86 bits per heavy atom. The summed E-state index contributed by atoms with van der Waals surface area (Å²) in [6, 6.07) is 5.16. The number of benzene rings is 1. The van der Waals surface area contributed by atoms with Crippen LogP contribution in [0.2, 0.25) is 0 Å². The first-order chi connectivity index (χ1) is 6.66. The number of rotatable bonds is 1. The molecule has 0 aliphatic carbocycles. The highest BCUT2D eigenvalue weighted by Gasteiger charge is 2.35. The Morgan fingerprint density at radius 2 is 2.21 bits per heavy atom. The van der Waals surface area contributed by atoms with Crippen LogP contribution < -0.4 is 4.74 Å². The molecule has 0 unspecified atom stereocenters. The van der Waals surface area contributed by atoms with E-state index >= 15 is 0 Å². The minimum absolute atomic E-state index is 0.175. The molecule has 1 amide bonds. The summed E-state index contributed by atoms with van der Waals surface area (Å²) >= 11 is 0. The van der Waals surface area contributed by atoms with Crippen molar-refractivity contribution in [2.45, 2.75) is 6.23 Å². The Balaban J connectivity index is 2.63. The smallest absolute Gasteiger partial charge is 0.256 e. The van der Waals surface area contributed by atoms with Crippen molar-refractivity contribution in [2.24, 2.45) is 0 Å². The summed E-state index contributed by atoms with van der Waals surface area (Å²) in [4.78, 5) is 12.9. The van der Waals surface area contributed by atoms with Gasteiger partial charge in [0.15, 0.2) is 6.23 Å². The van der Waals surface area contributed by atoms with E-state index in [0.29, 0.717) is 16.9 Å². The zero-order valence-electron chi connectivity index (χ0n) is 8.02. The molecule has 4 heteroatoms. The predicted octanol–water partition coefficient (Wildman–Crippen LogP) is 0.772. The molecule has 1 aliphatic rings. The number of aliphatic hydroxyl groups is 1. The molecule has 1 heterocycles. The normalized spacial score (nSPS) is 19.8. The average molecular weight is 193 g/mol. The van der Waals surface area contributed by atoms with Crippen LogP contribution in [0.25, 0.3) is 0 Å². The number of amides is 1. The van der Waals surface area contributed by atoms with Crippen molar-refractivity contribution in [3.8, 4) is 5.75 Å². The predicted molar refractivity (Wildman–Crippen MR) is 50.0 cm³/mol. The van der Waals surface area contributed by atoms with Crippen LogP contribution >= 0.6 is 0 Å². The molecule has 0 spiro atoms. The maximum Gasteiger partial charge on any atom is 0.256 e. The molecule has 1 atom stereocenters. The van der Waals surface area contributed by atoms with Crippen molar-refractivity contribution in [2.75, 3.05) is 14.2 Å². The van der Waals surface area contributed by atoms with E-state index in [2.05, 4.69) is 0 Å².